The number of hydrogen-bond donors (Lipinski definition) is 2. The van der Waals surface area contributed by atoms with Crippen molar-refractivity contribution in [2.45, 2.75) is 0 Å². The predicted octanol–water partition coefficient (Wildman–Crippen LogP) is 4.36. The molecule has 0 unspecified atom stereocenters. The molecule has 2 rings (SSSR count). The number of carbonyl (C=O) groups is 1. The molecule has 0 aliphatic carbocycles. The van der Waals surface area contributed by atoms with Gasteiger partial charge in [-0.1, -0.05) is 23.7 Å². The minimum atomic E-state index is -0.448. The predicted molar refractivity (Wildman–Crippen MR) is 102 cm³/mol. The van der Waals surface area contributed by atoms with Crippen LogP contribution in [-0.4, -0.2) is 24.3 Å². The smallest absolute Gasteiger partial charge is 0.256 e. The summed E-state index contributed by atoms with van der Waals surface area (Å²) in [5.74, 6) is -0.666. The lowest BCUT2D eigenvalue weighted by atomic mass is 10.1. The average Bonchev–Trinajstić information content (AvgIpc) is 2.56. The molecule has 0 spiro atoms. The molecule has 6 heteroatoms. The Labute approximate surface area is 153 Å². The number of benzene rings is 2. The van der Waals surface area contributed by atoms with Gasteiger partial charge < -0.3 is 10.4 Å². The van der Waals surface area contributed by atoms with Gasteiger partial charge in [-0.25, -0.2) is 0 Å². The van der Waals surface area contributed by atoms with Gasteiger partial charge in [0.1, 0.15) is 5.76 Å². The van der Waals surface area contributed by atoms with Crippen LogP contribution in [0.5, 0.6) is 0 Å². The number of halogens is 2. The SMILES string of the molecule is CNC(=O)C(C=Nc1ccc(I)cc1)=C(O)c1ccccc1Cl. The van der Waals surface area contributed by atoms with E-state index in [0.717, 1.165) is 3.57 Å². The van der Waals surface area contributed by atoms with Crippen molar-refractivity contribution in [3.63, 3.8) is 0 Å². The van der Waals surface area contributed by atoms with E-state index in [2.05, 4.69) is 32.9 Å². The van der Waals surface area contributed by atoms with Crippen molar-refractivity contribution in [2.24, 2.45) is 4.99 Å². The van der Waals surface area contributed by atoms with Gasteiger partial charge in [-0.05, 0) is 59.0 Å². The molecular weight excluding hydrogens is 427 g/mol. The highest BCUT2D eigenvalue weighted by atomic mass is 127. The average molecular weight is 441 g/mol. The maximum atomic E-state index is 12.0. The molecule has 4 nitrogen and oxygen atoms in total. The van der Waals surface area contributed by atoms with E-state index in [1.807, 2.05) is 24.3 Å². The van der Waals surface area contributed by atoms with Crippen molar-refractivity contribution >= 4 is 57.8 Å². The highest BCUT2D eigenvalue weighted by molar-refractivity contribution is 14.1. The molecule has 0 saturated heterocycles. The Morgan fingerprint density at radius 1 is 1.22 bits per heavy atom. The number of aliphatic imine (C=N–C) groups is 1. The number of nitrogens with one attached hydrogen (secondary N) is 1. The summed E-state index contributed by atoms with van der Waals surface area (Å²) in [5.41, 5.74) is 1.10. The van der Waals surface area contributed by atoms with Crippen molar-refractivity contribution in [1.29, 1.82) is 0 Å². The van der Waals surface area contributed by atoms with E-state index in [1.54, 1.807) is 24.3 Å². The summed E-state index contributed by atoms with van der Waals surface area (Å²) in [5, 5.41) is 13.3. The van der Waals surface area contributed by atoms with Gasteiger partial charge in [-0.2, -0.15) is 0 Å². The highest BCUT2D eigenvalue weighted by Crippen LogP contribution is 2.24. The van der Waals surface area contributed by atoms with Crippen LogP contribution < -0.4 is 5.32 Å². The van der Waals surface area contributed by atoms with Crippen LogP contribution in [0.25, 0.3) is 5.76 Å². The fraction of sp³-hybridized carbons (Fsp3) is 0.0588. The summed E-state index contributed by atoms with van der Waals surface area (Å²) in [6.07, 6.45) is 1.33. The summed E-state index contributed by atoms with van der Waals surface area (Å²) < 4.78 is 1.09. The second kappa shape index (κ2) is 8.12. The molecule has 0 atom stereocenters. The fourth-order valence-electron chi connectivity index (χ4n) is 1.83. The lowest BCUT2D eigenvalue weighted by molar-refractivity contribution is -0.116. The van der Waals surface area contributed by atoms with Gasteiger partial charge in [-0.3, -0.25) is 9.79 Å². The molecule has 0 aliphatic rings. The van der Waals surface area contributed by atoms with Crippen molar-refractivity contribution in [3.05, 3.63) is 68.3 Å². The van der Waals surface area contributed by atoms with E-state index >= 15 is 0 Å². The van der Waals surface area contributed by atoms with Gasteiger partial charge in [0.05, 0.1) is 16.3 Å². The Morgan fingerprint density at radius 3 is 2.48 bits per heavy atom. The van der Waals surface area contributed by atoms with E-state index in [9.17, 15) is 9.90 Å². The van der Waals surface area contributed by atoms with Crippen LogP contribution in [0, 0.1) is 3.57 Å². The topological polar surface area (TPSA) is 61.7 Å². The number of nitrogens with zero attached hydrogens (tertiary/aromatic N) is 1. The molecule has 0 radical (unpaired) electrons. The normalized spacial score (nSPS) is 12.1. The summed E-state index contributed by atoms with van der Waals surface area (Å²) >= 11 is 8.27. The number of aliphatic hydroxyl groups excluding tert-OH is 1. The number of hydrogen-bond acceptors (Lipinski definition) is 3. The van der Waals surface area contributed by atoms with Crippen molar-refractivity contribution in [3.8, 4) is 0 Å². The molecule has 2 aromatic carbocycles. The molecule has 0 aliphatic heterocycles. The van der Waals surface area contributed by atoms with E-state index in [-0.39, 0.29) is 11.3 Å². The number of carbonyl (C=O) groups excluding carboxylic acids is 1. The standard InChI is InChI=1S/C17H14ClIN2O2/c1-20-17(23)14(10-21-12-8-6-11(19)7-9-12)16(22)13-4-2-3-5-15(13)18/h2-10,22H,1H3,(H,20,23). The first-order valence-electron chi connectivity index (χ1n) is 6.72. The van der Waals surface area contributed by atoms with Crippen LogP contribution in [-0.2, 0) is 4.79 Å². The zero-order valence-electron chi connectivity index (χ0n) is 12.3. The van der Waals surface area contributed by atoms with Crippen molar-refractivity contribution in [1.82, 2.24) is 5.32 Å². The van der Waals surface area contributed by atoms with Gasteiger partial charge in [0.15, 0.2) is 0 Å². The molecule has 0 saturated carbocycles. The minimum absolute atomic E-state index is 0.0409. The molecule has 0 heterocycles. The molecule has 23 heavy (non-hydrogen) atoms. The van der Waals surface area contributed by atoms with Crippen molar-refractivity contribution < 1.29 is 9.90 Å². The Morgan fingerprint density at radius 2 is 1.87 bits per heavy atom. The summed E-state index contributed by atoms with van der Waals surface area (Å²) in [7, 11) is 1.49. The lowest BCUT2D eigenvalue weighted by Crippen LogP contribution is -2.22. The lowest BCUT2D eigenvalue weighted by Gasteiger charge is -2.07. The van der Waals surface area contributed by atoms with Gasteiger partial charge >= 0.3 is 0 Å². The zero-order chi connectivity index (χ0) is 16.8. The molecule has 2 aromatic rings. The summed E-state index contributed by atoms with van der Waals surface area (Å²) in [6, 6.07) is 14.2. The Hall–Kier alpha value is -1.86. The molecule has 0 aromatic heterocycles. The van der Waals surface area contributed by atoms with E-state index in [0.29, 0.717) is 16.3 Å². The molecule has 2 N–H and O–H groups in total. The number of likely N-dealkylation sites (N-methyl/N-ethyl adjacent to an activating group) is 1. The number of amides is 1. The molecule has 118 valence electrons. The quantitative estimate of drug-likeness (QED) is 0.321. The maximum Gasteiger partial charge on any atom is 0.256 e. The maximum absolute atomic E-state index is 12.0. The number of rotatable bonds is 4. The third-order valence-electron chi connectivity index (χ3n) is 3.03. The molecule has 0 fully saturated rings. The van der Waals surface area contributed by atoms with Crippen LogP contribution in [0.1, 0.15) is 5.56 Å². The first-order chi connectivity index (χ1) is 11.0. The van der Waals surface area contributed by atoms with Gasteiger partial charge in [0, 0.05) is 22.4 Å². The van der Waals surface area contributed by atoms with Gasteiger partial charge in [0.2, 0.25) is 0 Å². The second-order valence-corrected chi connectivity index (χ2v) is 6.21. The second-order valence-electron chi connectivity index (χ2n) is 4.56. The molecule has 1 amide bonds. The third-order valence-corrected chi connectivity index (χ3v) is 4.07. The van der Waals surface area contributed by atoms with E-state index in [4.69, 9.17) is 11.6 Å². The van der Waals surface area contributed by atoms with Crippen LogP contribution in [0.15, 0.2) is 59.1 Å². The first-order valence-corrected chi connectivity index (χ1v) is 8.18. The highest BCUT2D eigenvalue weighted by Gasteiger charge is 2.15. The van der Waals surface area contributed by atoms with E-state index < -0.39 is 5.91 Å². The van der Waals surface area contributed by atoms with Crippen LogP contribution >= 0.6 is 34.2 Å². The van der Waals surface area contributed by atoms with Gasteiger partial charge in [-0.15, -0.1) is 0 Å². The van der Waals surface area contributed by atoms with Crippen LogP contribution in [0.2, 0.25) is 5.02 Å². The monoisotopic (exact) mass is 440 g/mol. The fourth-order valence-corrected chi connectivity index (χ4v) is 2.41. The Balaban J connectivity index is 2.45. The largest absolute Gasteiger partial charge is 0.506 e. The van der Waals surface area contributed by atoms with Crippen LogP contribution in [0.3, 0.4) is 0 Å². The van der Waals surface area contributed by atoms with Crippen LogP contribution in [0.4, 0.5) is 5.69 Å². The zero-order valence-corrected chi connectivity index (χ0v) is 15.2. The molecule has 0 bridgehead atoms. The van der Waals surface area contributed by atoms with E-state index in [1.165, 1.54) is 13.3 Å². The Kier molecular flexibility index (Phi) is 6.18. The van der Waals surface area contributed by atoms with Gasteiger partial charge in [0.25, 0.3) is 5.91 Å². The summed E-state index contributed by atoms with van der Waals surface area (Å²) in [6.45, 7) is 0. The first kappa shape index (κ1) is 17.5. The minimum Gasteiger partial charge on any atom is -0.506 e. The third kappa shape index (κ3) is 4.56. The van der Waals surface area contributed by atoms with Crippen molar-refractivity contribution in [2.75, 3.05) is 7.05 Å². The Bertz CT molecular complexity index is 770. The molecular formula is C17H14ClIN2O2. The summed E-state index contributed by atoms with van der Waals surface area (Å²) in [4.78, 5) is 16.3. The number of aliphatic hydroxyl groups is 1.